The van der Waals surface area contributed by atoms with Gasteiger partial charge in [-0.25, -0.2) is 0 Å². The maximum absolute atomic E-state index is 10.5. The summed E-state index contributed by atoms with van der Waals surface area (Å²) in [5, 5.41) is -0.361. The van der Waals surface area contributed by atoms with Crippen LogP contribution in [0.3, 0.4) is 0 Å². The third-order valence-electron chi connectivity index (χ3n) is 3.72. The van der Waals surface area contributed by atoms with E-state index in [9.17, 15) is 4.79 Å². The highest BCUT2D eigenvalue weighted by Crippen LogP contribution is 2.12. The standard InChI is InChI=1S/C18H33ClO/c1-2-3-4-5-6-7-8-9-10-11-12-13-14-15-16-17-18(19)20/h16-17H,2-15H2,1H3. The number of allylic oxidation sites excluding steroid dienone is 2. The quantitative estimate of drug-likeness (QED) is 0.185. The second-order valence-corrected chi connectivity index (χ2v) is 6.11. The summed E-state index contributed by atoms with van der Waals surface area (Å²) in [7, 11) is 0. The number of carbonyl (C=O) groups is 1. The van der Waals surface area contributed by atoms with Crippen LogP contribution in [0.25, 0.3) is 0 Å². The van der Waals surface area contributed by atoms with E-state index in [1.165, 1.54) is 89.5 Å². The van der Waals surface area contributed by atoms with Crippen LogP contribution in [0.15, 0.2) is 12.2 Å². The lowest BCUT2D eigenvalue weighted by molar-refractivity contribution is -0.107. The van der Waals surface area contributed by atoms with Crippen molar-refractivity contribution in [2.24, 2.45) is 0 Å². The molecular weight excluding hydrogens is 268 g/mol. The Morgan fingerprint density at radius 2 is 1.15 bits per heavy atom. The first-order valence-electron chi connectivity index (χ1n) is 8.63. The average molecular weight is 301 g/mol. The minimum absolute atomic E-state index is 0.361. The van der Waals surface area contributed by atoms with Crippen molar-refractivity contribution in [2.75, 3.05) is 0 Å². The predicted octanol–water partition coefficient (Wildman–Crippen LogP) is 6.79. The van der Waals surface area contributed by atoms with E-state index in [2.05, 4.69) is 6.92 Å². The topological polar surface area (TPSA) is 17.1 Å². The maximum Gasteiger partial charge on any atom is 0.244 e. The van der Waals surface area contributed by atoms with Crippen LogP contribution in [0.2, 0.25) is 0 Å². The normalized spacial score (nSPS) is 11.3. The van der Waals surface area contributed by atoms with Crippen molar-refractivity contribution in [3.63, 3.8) is 0 Å². The largest absolute Gasteiger partial charge is 0.276 e. The van der Waals surface area contributed by atoms with Crippen LogP contribution in [0.5, 0.6) is 0 Å². The van der Waals surface area contributed by atoms with Crippen LogP contribution >= 0.6 is 11.6 Å². The summed E-state index contributed by atoms with van der Waals surface area (Å²) in [5.74, 6) is 0. The molecule has 0 bridgehead atoms. The molecule has 2 heteroatoms. The van der Waals surface area contributed by atoms with Gasteiger partial charge in [0, 0.05) is 0 Å². The zero-order valence-electron chi connectivity index (χ0n) is 13.3. The summed E-state index contributed by atoms with van der Waals surface area (Å²) in [6.07, 6.45) is 22.2. The van der Waals surface area contributed by atoms with Gasteiger partial charge in [0.1, 0.15) is 0 Å². The molecule has 0 aliphatic rings. The van der Waals surface area contributed by atoms with Crippen molar-refractivity contribution in [2.45, 2.75) is 96.8 Å². The van der Waals surface area contributed by atoms with Gasteiger partial charge in [-0.1, -0.05) is 90.0 Å². The minimum atomic E-state index is -0.361. The molecule has 0 aromatic carbocycles. The Morgan fingerprint density at radius 1 is 0.750 bits per heavy atom. The fourth-order valence-electron chi connectivity index (χ4n) is 2.46. The van der Waals surface area contributed by atoms with Gasteiger partial charge in [0.15, 0.2) is 0 Å². The van der Waals surface area contributed by atoms with Crippen LogP contribution in [-0.2, 0) is 4.79 Å². The molecule has 0 rings (SSSR count). The van der Waals surface area contributed by atoms with Gasteiger partial charge in [-0.15, -0.1) is 0 Å². The Balaban J connectivity index is 3.01. The Morgan fingerprint density at radius 3 is 1.55 bits per heavy atom. The van der Waals surface area contributed by atoms with E-state index in [4.69, 9.17) is 11.6 Å². The van der Waals surface area contributed by atoms with Gasteiger partial charge in [0.25, 0.3) is 0 Å². The summed E-state index contributed by atoms with van der Waals surface area (Å²) < 4.78 is 0. The van der Waals surface area contributed by atoms with Gasteiger partial charge in [0.05, 0.1) is 0 Å². The summed E-state index contributed by atoms with van der Waals surface area (Å²) in [4.78, 5) is 10.5. The van der Waals surface area contributed by atoms with Gasteiger partial charge >= 0.3 is 0 Å². The lowest BCUT2D eigenvalue weighted by Crippen LogP contribution is -1.83. The van der Waals surface area contributed by atoms with E-state index < -0.39 is 0 Å². The minimum Gasteiger partial charge on any atom is -0.276 e. The molecule has 0 amide bonds. The zero-order valence-corrected chi connectivity index (χ0v) is 14.1. The monoisotopic (exact) mass is 300 g/mol. The molecule has 0 atom stereocenters. The first kappa shape index (κ1) is 19.7. The van der Waals surface area contributed by atoms with Gasteiger partial charge in [-0.3, -0.25) is 4.79 Å². The molecule has 0 spiro atoms. The summed E-state index contributed by atoms with van der Waals surface area (Å²) in [6.45, 7) is 2.27. The van der Waals surface area contributed by atoms with E-state index >= 15 is 0 Å². The molecule has 1 nitrogen and oxygen atoms in total. The van der Waals surface area contributed by atoms with Crippen LogP contribution in [0.4, 0.5) is 0 Å². The summed E-state index contributed by atoms with van der Waals surface area (Å²) >= 11 is 5.21. The van der Waals surface area contributed by atoms with Crippen molar-refractivity contribution in [1.29, 1.82) is 0 Å². The van der Waals surface area contributed by atoms with Crippen LogP contribution < -0.4 is 0 Å². The maximum atomic E-state index is 10.5. The van der Waals surface area contributed by atoms with E-state index in [0.29, 0.717) is 0 Å². The molecule has 0 aromatic rings. The third kappa shape index (κ3) is 17.7. The molecule has 0 fully saturated rings. The van der Waals surface area contributed by atoms with Gasteiger partial charge in [0.2, 0.25) is 5.24 Å². The first-order chi connectivity index (χ1) is 9.77. The lowest BCUT2D eigenvalue weighted by Gasteiger charge is -2.02. The fourth-order valence-corrected chi connectivity index (χ4v) is 2.55. The molecule has 118 valence electrons. The number of hydrogen-bond acceptors (Lipinski definition) is 1. The first-order valence-corrected chi connectivity index (χ1v) is 9.01. The van der Waals surface area contributed by atoms with E-state index in [1.54, 1.807) is 0 Å². The highest BCUT2D eigenvalue weighted by Gasteiger charge is 1.93. The van der Waals surface area contributed by atoms with Gasteiger partial charge in [-0.2, -0.15) is 0 Å². The zero-order chi connectivity index (χ0) is 14.9. The smallest absolute Gasteiger partial charge is 0.244 e. The Hall–Kier alpha value is -0.300. The molecule has 0 heterocycles. The molecular formula is C18H33ClO. The van der Waals surface area contributed by atoms with E-state index in [0.717, 1.165) is 6.42 Å². The van der Waals surface area contributed by atoms with Crippen LogP contribution in [-0.4, -0.2) is 5.24 Å². The molecule has 0 saturated carbocycles. The van der Waals surface area contributed by atoms with Gasteiger partial charge in [-0.05, 0) is 30.5 Å². The Labute approximate surface area is 131 Å². The van der Waals surface area contributed by atoms with Crippen molar-refractivity contribution in [3.8, 4) is 0 Å². The lowest BCUT2D eigenvalue weighted by atomic mass is 10.0. The highest BCUT2D eigenvalue weighted by atomic mass is 35.5. The van der Waals surface area contributed by atoms with E-state index in [-0.39, 0.29) is 5.24 Å². The van der Waals surface area contributed by atoms with Crippen molar-refractivity contribution >= 4 is 16.8 Å². The number of carbonyl (C=O) groups excluding carboxylic acids is 1. The van der Waals surface area contributed by atoms with Crippen molar-refractivity contribution < 1.29 is 4.79 Å². The van der Waals surface area contributed by atoms with Gasteiger partial charge < -0.3 is 0 Å². The van der Waals surface area contributed by atoms with Crippen molar-refractivity contribution in [3.05, 3.63) is 12.2 Å². The second kappa shape index (κ2) is 16.8. The molecule has 20 heavy (non-hydrogen) atoms. The summed E-state index contributed by atoms with van der Waals surface area (Å²) in [5.41, 5.74) is 0. The SMILES string of the molecule is CCCCCCCCCCCCCCCC=CC(=O)Cl. The second-order valence-electron chi connectivity index (χ2n) is 5.74. The fraction of sp³-hybridized carbons (Fsp3) is 0.833. The number of rotatable bonds is 15. The number of unbranched alkanes of at least 4 members (excludes halogenated alkanes) is 13. The van der Waals surface area contributed by atoms with Crippen LogP contribution in [0.1, 0.15) is 96.8 Å². The molecule has 0 aliphatic carbocycles. The third-order valence-corrected chi connectivity index (χ3v) is 3.85. The van der Waals surface area contributed by atoms with E-state index in [1.807, 2.05) is 6.08 Å². The Kier molecular flexibility index (Phi) is 16.5. The molecule has 0 N–H and O–H groups in total. The number of halogens is 1. The number of hydrogen-bond donors (Lipinski definition) is 0. The molecule has 0 aliphatic heterocycles. The molecule has 0 aromatic heterocycles. The molecule has 0 unspecified atom stereocenters. The molecule has 0 radical (unpaired) electrons. The predicted molar refractivity (Wildman–Crippen MR) is 90.3 cm³/mol. The van der Waals surface area contributed by atoms with Crippen molar-refractivity contribution in [1.82, 2.24) is 0 Å². The van der Waals surface area contributed by atoms with Crippen LogP contribution in [0, 0.1) is 0 Å². The summed E-state index contributed by atoms with van der Waals surface area (Å²) in [6, 6.07) is 0. The highest BCUT2D eigenvalue weighted by molar-refractivity contribution is 6.66. The average Bonchev–Trinajstić information content (AvgIpc) is 2.43. The Bertz CT molecular complexity index is 236. The molecule has 0 saturated heterocycles.